The number of carbonyl (C=O) groups excluding carboxylic acids is 3. The van der Waals surface area contributed by atoms with Gasteiger partial charge in [-0.25, -0.2) is 0 Å². The summed E-state index contributed by atoms with van der Waals surface area (Å²) in [5.41, 5.74) is 0.899. The van der Waals surface area contributed by atoms with Crippen molar-refractivity contribution in [2.75, 3.05) is 13.1 Å². The number of benzene rings is 1. The molecule has 3 amide bonds. The van der Waals surface area contributed by atoms with Crippen LogP contribution in [0.3, 0.4) is 0 Å². The van der Waals surface area contributed by atoms with Gasteiger partial charge in [-0.3, -0.25) is 19.3 Å². The first-order valence-electron chi connectivity index (χ1n) is 7.01. The van der Waals surface area contributed by atoms with E-state index in [-0.39, 0.29) is 43.5 Å². The number of hydrogen-bond acceptors (Lipinski definition) is 3. The molecule has 22 heavy (non-hydrogen) atoms. The minimum Gasteiger partial charge on any atom is -0.356 e. The van der Waals surface area contributed by atoms with Gasteiger partial charge in [0.1, 0.15) is 0 Å². The van der Waals surface area contributed by atoms with E-state index in [9.17, 15) is 14.4 Å². The molecule has 1 fully saturated rings. The van der Waals surface area contributed by atoms with E-state index in [0.717, 1.165) is 10.5 Å². The van der Waals surface area contributed by atoms with Gasteiger partial charge in [0.25, 0.3) is 0 Å². The van der Waals surface area contributed by atoms with Crippen molar-refractivity contribution in [3.05, 3.63) is 33.8 Å². The Hall–Kier alpha value is -1.59. The van der Waals surface area contributed by atoms with E-state index >= 15 is 0 Å². The summed E-state index contributed by atoms with van der Waals surface area (Å²) in [5.74, 6) is -0.603. The first-order valence-corrected chi connectivity index (χ1v) is 7.77. The molecular weight excluding hydrogens is 327 g/mol. The number of imide groups is 1. The summed E-state index contributed by atoms with van der Waals surface area (Å²) in [6, 6.07) is 5.22. The van der Waals surface area contributed by atoms with E-state index in [1.54, 1.807) is 12.1 Å². The Morgan fingerprint density at radius 2 is 1.86 bits per heavy atom. The Morgan fingerprint density at radius 1 is 1.18 bits per heavy atom. The first-order chi connectivity index (χ1) is 10.5. The molecule has 5 nitrogen and oxygen atoms in total. The molecule has 0 aliphatic carbocycles. The first kappa shape index (κ1) is 16.8. The minimum atomic E-state index is -0.203. The van der Waals surface area contributed by atoms with Crippen molar-refractivity contribution in [1.82, 2.24) is 10.2 Å². The van der Waals surface area contributed by atoms with Crippen LogP contribution in [-0.2, 0) is 20.8 Å². The zero-order valence-corrected chi connectivity index (χ0v) is 13.4. The molecule has 118 valence electrons. The van der Waals surface area contributed by atoms with Crippen LogP contribution in [0.2, 0.25) is 10.0 Å². The molecule has 0 aromatic heterocycles. The standard InChI is InChI=1S/C15H16Cl2N2O3/c16-11-2-1-10(12(17)9-11)5-7-18-13(20)6-8-19-14(21)3-4-15(19)22/h1-2,9H,3-8H2,(H,18,20). The van der Waals surface area contributed by atoms with Gasteiger partial charge in [0, 0.05) is 42.4 Å². The van der Waals surface area contributed by atoms with E-state index < -0.39 is 0 Å². The second-order valence-electron chi connectivity index (χ2n) is 5.02. The van der Waals surface area contributed by atoms with E-state index in [0.29, 0.717) is 23.0 Å². The molecule has 1 aliphatic rings. The SMILES string of the molecule is O=C(CCN1C(=O)CCC1=O)NCCc1ccc(Cl)cc1Cl. The summed E-state index contributed by atoms with van der Waals surface area (Å²) < 4.78 is 0. The second kappa shape index (κ2) is 7.61. The average Bonchev–Trinajstić information content (AvgIpc) is 2.78. The highest BCUT2D eigenvalue weighted by atomic mass is 35.5. The third-order valence-corrected chi connectivity index (χ3v) is 4.04. The van der Waals surface area contributed by atoms with Crippen LogP contribution in [0, 0.1) is 0 Å². The predicted octanol–water partition coefficient (Wildman–Crippen LogP) is 2.19. The van der Waals surface area contributed by atoms with E-state index in [1.807, 2.05) is 6.07 Å². The van der Waals surface area contributed by atoms with Crippen LogP contribution in [0.5, 0.6) is 0 Å². The molecule has 0 spiro atoms. The number of rotatable bonds is 6. The zero-order chi connectivity index (χ0) is 16.1. The third kappa shape index (κ3) is 4.45. The molecule has 1 heterocycles. The lowest BCUT2D eigenvalue weighted by Crippen LogP contribution is -2.34. The monoisotopic (exact) mass is 342 g/mol. The van der Waals surface area contributed by atoms with Gasteiger partial charge in [-0.15, -0.1) is 0 Å². The van der Waals surface area contributed by atoms with Gasteiger partial charge >= 0.3 is 0 Å². The number of carbonyl (C=O) groups is 3. The van der Waals surface area contributed by atoms with Crippen molar-refractivity contribution in [3.8, 4) is 0 Å². The van der Waals surface area contributed by atoms with Gasteiger partial charge in [-0.05, 0) is 24.1 Å². The fourth-order valence-corrected chi connectivity index (χ4v) is 2.74. The number of likely N-dealkylation sites (tertiary alicyclic amines) is 1. The molecule has 7 heteroatoms. The molecule has 1 aliphatic heterocycles. The normalized spacial score (nSPS) is 14.5. The summed E-state index contributed by atoms with van der Waals surface area (Å²) in [7, 11) is 0. The molecule has 1 N–H and O–H groups in total. The quantitative estimate of drug-likeness (QED) is 0.806. The fraction of sp³-hybridized carbons (Fsp3) is 0.400. The molecule has 1 aromatic rings. The van der Waals surface area contributed by atoms with Crippen LogP contribution >= 0.6 is 23.2 Å². The predicted molar refractivity (Wildman–Crippen MR) is 83.7 cm³/mol. The van der Waals surface area contributed by atoms with E-state index in [1.165, 1.54) is 0 Å². The smallest absolute Gasteiger partial charge is 0.229 e. The van der Waals surface area contributed by atoms with Gasteiger partial charge in [0.05, 0.1) is 0 Å². The van der Waals surface area contributed by atoms with Crippen LogP contribution in [0.1, 0.15) is 24.8 Å². The summed E-state index contributed by atoms with van der Waals surface area (Å²) in [6.07, 6.45) is 1.19. The van der Waals surface area contributed by atoms with Crippen molar-refractivity contribution in [2.45, 2.75) is 25.7 Å². The maximum absolute atomic E-state index is 11.7. The number of halogens is 2. The Bertz CT molecular complexity index is 588. The van der Waals surface area contributed by atoms with Gasteiger partial charge in [0.15, 0.2) is 0 Å². The van der Waals surface area contributed by atoms with Gasteiger partial charge in [-0.2, -0.15) is 0 Å². The summed E-state index contributed by atoms with van der Waals surface area (Å²) in [4.78, 5) is 35.7. The zero-order valence-electron chi connectivity index (χ0n) is 11.9. The Balaban J connectivity index is 1.72. The molecule has 0 radical (unpaired) electrons. The van der Waals surface area contributed by atoms with Crippen molar-refractivity contribution in [3.63, 3.8) is 0 Å². The topological polar surface area (TPSA) is 66.5 Å². The lowest BCUT2D eigenvalue weighted by atomic mass is 10.1. The second-order valence-corrected chi connectivity index (χ2v) is 5.87. The lowest BCUT2D eigenvalue weighted by molar-refractivity contribution is -0.138. The third-order valence-electron chi connectivity index (χ3n) is 3.45. The Labute approximate surface area is 138 Å². The van der Waals surface area contributed by atoms with Crippen molar-refractivity contribution in [1.29, 1.82) is 0 Å². The molecule has 0 atom stereocenters. The number of amides is 3. The lowest BCUT2D eigenvalue weighted by Gasteiger charge is -2.13. The fourth-order valence-electron chi connectivity index (χ4n) is 2.24. The summed E-state index contributed by atoms with van der Waals surface area (Å²) in [5, 5.41) is 3.88. The summed E-state index contributed by atoms with van der Waals surface area (Å²) in [6.45, 7) is 0.577. The highest BCUT2D eigenvalue weighted by Crippen LogP contribution is 2.21. The number of nitrogens with one attached hydrogen (secondary N) is 1. The number of hydrogen-bond donors (Lipinski definition) is 1. The summed E-state index contributed by atoms with van der Waals surface area (Å²) >= 11 is 11.9. The van der Waals surface area contributed by atoms with E-state index in [4.69, 9.17) is 23.2 Å². The minimum absolute atomic E-state index is 0.117. The Morgan fingerprint density at radius 3 is 2.50 bits per heavy atom. The van der Waals surface area contributed by atoms with Crippen LogP contribution in [0.25, 0.3) is 0 Å². The maximum atomic E-state index is 11.7. The van der Waals surface area contributed by atoms with Crippen LogP contribution in [-0.4, -0.2) is 35.7 Å². The van der Waals surface area contributed by atoms with Gasteiger partial charge in [-0.1, -0.05) is 29.3 Å². The molecule has 2 rings (SSSR count). The van der Waals surface area contributed by atoms with Gasteiger partial charge < -0.3 is 5.32 Å². The van der Waals surface area contributed by atoms with Crippen molar-refractivity contribution in [2.24, 2.45) is 0 Å². The number of nitrogens with zero attached hydrogens (tertiary/aromatic N) is 1. The molecular formula is C15H16Cl2N2O3. The maximum Gasteiger partial charge on any atom is 0.229 e. The van der Waals surface area contributed by atoms with Crippen LogP contribution < -0.4 is 5.32 Å². The molecule has 1 aromatic carbocycles. The van der Waals surface area contributed by atoms with Crippen molar-refractivity contribution >= 4 is 40.9 Å². The van der Waals surface area contributed by atoms with Crippen molar-refractivity contribution < 1.29 is 14.4 Å². The van der Waals surface area contributed by atoms with E-state index in [2.05, 4.69) is 5.32 Å². The largest absolute Gasteiger partial charge is 0.356 e. The van der Waals surface area contributed by atoms with Crippen LogP contribution in [0.4, 0.5) is 0 Å². The average molecular weight is 343 g/mol. The molecule has 1 saturated heterocycles. The van der Waals surface area contributed by atoms with Gasteiger partial charge in [0.2, 0.25) is 17.7 Å². The molecule has 0 bridgehead atoms. The highest BCUT2D eigenvalue weighted by Gasteiger charge is 2.28. The molecule has 0 saturated carbocycles. The highest BCUT2D eigenvalue weighted by molar-refractivity contribution is 6.35. The van der Waals surface area contributed by atoms with Crippen LogP contribution in [0.15, 0.2) is 18.2 Å². The molecule has 0 unspecified atom stereocenters. The Kier molecular flexibility index (Phi) is 5.80.